The molecule has 0 amide bonds. The molecule has 0 aliphatic rings. The van der Waals surface area contributed by atoms with E-state index in [1.165, 1.54) is 7.11 Å². The van der Waals surface area contributed by atoms with Gasteiger partial charge in [0.1, 0.15) is 11.4 Å². The molecule has 0 bridgehead atoms. The Morgan fingerprint density at radius 1 is 1.33 bits per heavy atom. The molecule has 8 heteroatoms. The minimum atomic E-state index is -3.81. The molecule has 1 aromatic carbocycles. The van der Waals surface area contributed by atoms with E-state index in [-0.39, 0.29) is 0 Å². The number of nitrogens with one attached hydrogen (secondary N) is 1. The Morgan fingerprint density at radius 2 is 1.95 bits per heavy atom. The van der Waals surface area contributed by atoms with Crippen molar-refractivity contribution >= 4 is 44.3 Å². The minimum absolute atomic E-state index is 0.365. The third-order valence-corrected chi connectivity index (χ3v) is 4.16. The fourth-order valence-corrected chi connectivity index (χ4v) is 3.13. The number of carbonyl (C=O) groups excluding carboxylic acids is 1. The van der Waals surface area contributed by atoms with Crippen LogP contribution in [0.25, 0.3) is 0 Å². The van der Waals surface area contributed by atoms with Crippen molar-refractivity contribution in [3.8, 4) is 5.75 Å². The van der Waals surface area contributed by atoms with E-state index >= 15 is 0 Å². The Balaban J connectivity index is 2.77. The molecule has 1 rings (SSSR count). The molecule has 0 spiro atoms. The van der Waals surface area contributed by atoms with Gasteiger partial charge in [0, 0.05) is 5.69 Å². The van der Waals surface area contributed by atoms with E-state index in [4.69, 9.17) is 9.47 Å². The van der Waals surface area contributed by atoms with E-state index in [0.717, 1.165) is 3.57 Å². The van der Waals surface area contributed by atoms with Crippen LogP contribution in [0.5, 0.6) is 5.75 Å². The van der Waals surface area contributed by atoms with E-state index in [9.17, 15) is 13.2 Å². The highest BCUT2D eigenvalue weighted by Crippen LogP contribution is 2.24. The van der Waals surface area contributed by atoms with E-state index in [1.54, 1.807) is 39.0 Å². The van der Waals surface area contributed by atoms with Crippen LogP contribution in [0.1, 0.15) is 20.8 Å². The highest BCUT2D eigenvalue weighted by Gasteiger charge is 2.23. The summed E-state index contributed by atoms with van der Waals surface area (Å²) in [5, 5.41) is 0. The SMILES string of the molecule is COc1ccc(NS(=O)(=O)CC(=O)OC(C)(C)C)cc1I. The van der Waals surface area contributed by atoms with Crippen LogP contribution in [-0.4, -0.2) is 32.9 Å². The van der Waals surface area contributed by atoms with Crippen molar-refractivity contribution in [1.29, 1.82) is 0 Å². The third kappa shape index (κ3) is 6.51. The standard InChI is InChI=1S/C13H18INO5S/c1-13(2,3)20-12(16)8-21(17,18)15-9-5-6-11(19-4)10(14)7-9/h5-7,15H,8H2,1-4H3. The second-order valence-corrected chi connectivity index (χ2v) is 8.18. The molecule has 1 aromatic rings. The topological polar surface area (TPSA) is 81.7 Å². The van der Waals surface area contributed by atoms with E-state index in [0.29, 0.717) is 11.4 Å². The van der Waals surface area contributed by atoms with Crippen molar-refractivity contribution in [3.63, 3.8) is 0 Å². The van der Waals surface area contributed by atoms with Crippen molar-refractivity contribution in [1.82, 2.24) is 0 Å². The van der Waals surface area contributed by atoms with Crippen LogP contribution >= 0.6 is 22.6 Å². The lowest BCUT2D eigenvalue weighted by atomic mass is 10.2. The minimum Gasteiger partial charge on any atom is -0.496 e. The number of ether oxygens (including phenoxy) is 2. The molecule has 6 nitrogen and oxygen atoms in total. The van der Waals surface area contributed by atoms with Crippen LogP contribution in [-0.2, 0) is 19.6 Å². The van der Waals surface area contributed by atoms with Crippen LogP contribution in [0.2, 0.25) is 0 Å². The zero-order chi connectivity index (χ0) is 16.3. The molecular formula is C13H18INO5S. The number of rotatable bonds is 5. The number of halogens is 1. The molecule has 0 fully saturated rings. The summed E-state index contributed by atoms with van der Waals surface area (Å²) >= 11 is 2.03. The molecule has 0 atom stereocenters. The Bertz CT molecular complexity index is 622. The van der Waals surface area contributed by atoms with Gasteiger partial charge in [-0.1, -0.05) is 0 Å². The Kier molecular flexibility index (Phi) is 5.85. The third-order valence-electron chi connectivity index (χ3n) is 2.15. The molecule has 0 saturated heterocycles. The summed E-state index contributed by atoms with van der Waals surface area (Å²) in [5.74, 6) is -0.878. The van der Waals surface area contributed by atoms with Gasteiger partial charge in [-0.05, 0) is 61.6 Å². The average molecular weight is 427 g/mol. The largest absolute Gasteiger partial charge is 0.496 e. The second-order valence-electron chi connectivity index (χ2n) is 5.30. The van der Waals surface area contributed by atoms with Crippen molar-refractivity contribution in [2.75, 3.05) is 17.6 Å². The molecule has 0 heterocycles. The molecular weight excluding hydrogens is 409 g/mol. The zero-order valence-corrected chi connectivity index (χ0v) is 15.2. The maximum atomic E-state index is 11.9. The van der Waals surface area contributed by atoms with Crippen molar-refractivity contribution in [3.05, 3.63) is 21.8 Å². The van der Waals surface area contributed by atoms with Crippen LogP contribution in [0, 0.1) is 3.57 Å². The van der Waals surface area contributed by atoms with Crippen LogP contribution < -0.4 is 9.46 Å². The summed E-state index contributed by atoms with van der Waals surface area (Å²) in [5.41, 5.74) is -0.356. The Morgan fingerprint density at radius 3 is 2.43 bits per heavy atom. The normalized spacial score (nSPS) is 11.9. The van der Waals surface area contributed by atoms with Crippen molar-refractivity contribution in [2.45, 2.75) is 26.4 Å². The number of methoxy groups -OCH3 is 1. The highest BCUT2D eigenvalue weighted by molar-refractivity contribution is 14.1. The van der Waals surface area contributed by atoms with Gasteiger partial charge < -0.3 is 9.47 Å². The van der Waals surface area contributed by atoms with Gasteiger partial charge in [0.2, 0.25) is 10.0 Å². The van der Waals surface area contributed by atoms with Gasteiger partial charge in [-0.25, -0.2) is 8.42 Å². The Labute approximate surface area is 138 Å². The van der Waals surface area contributed by atoms with Crippen LogP contribution in [0.15, 0.2) is 18.2 Å². The molecule has 21 heavy (non-hydrogen) atoms. The highest BCUT2D eigenvalue weighted by atomic mass is 127. The number of hydrogen-bond donors (Lipinski definition) is 1. The number of esters is 1. The molecule has 0 saturated carbocycles. The molecule has 1 N–H and O–H groups in total. The first-order valence-corrected chi connectivity index (χ1v) is 8.81. The predicted molar refractivity (Wildman–Crippen MR) is 89.0 cm³/mol. The molecule has 0 unspecified atom stereocenters. The first-order chi connectivity index (χ1) is 9.52. The van der Waals surface area contributed by atoms with Crippen LogP contribution in [0.4, 0.5) is 5.69 Å². The molecule has 0 radical (unpaired) electrons. The van der Waals surface area contributed by atoms with Gasteiger partial charge in [-0.3, -0.25) is 9.52 Å². The van der Waals surface area contributed by atoms with E-state index in [2.05, 4.69) is 4.72 Å². The maximum Gasteiger partial charge on any atom is 0.323 e. The number of benzene rings is 1. The lowest BCUT2D eigenvalue weighted by molar-refractivity contribution is -0.151. The first kappa shape index (κ1) is 18.0. The number of hydrogen-bond acceptors (Lipinski definition) is 5. The van der Waals surface area contributed by atoms with Gasteiger partial charge in [0.15, 0.2) is 5.75 Å². The number of sulfonamides is 1. The average Bonchev–Trinajstić information content (AvgIpc) is 2.24. The summed E-state index contributed by atoms with van der Waals surface area (Å²) in [6.07, 6.45) is 0. The van der Waals surface area contributed by atoms with E-state index < -0.39 is 27.3 Å². The van der Waals surface area contributed by atoms with E-state index in [1.807, 2.05) is 22.6 Å². The summed E-state index contributed by atoms with van der Waals surface area (Å²) < 4.78 is 37.0. The summed E-state index contributed by atoms with van der Waals surface area (Å²) in [6, 6.07) is 4.83. The molecule has 0 aromatic heterocycles. The van der Waals surface area contributed by atoms with Gasteiger partial charge in [0.25, 0.3) is 0 Å². The first-order valence-electron chi connectivity index (χ1n) is 6.08. The smallest absolute Gasteiger partial charge is 0.323 e. The fraction of sp³-hybridized carbons (Fsp3) is 0.462. The molecule has 118 valence electrons. The maximum absolute atomic E-state index is 11.9. The molecule has 0 aliphatic carbocycles. The molecule has 0 aliphatic heterocycles. The summed E-state index contributed by atoms with van der Waals surface area (Å²) in [7, 11) is -2.28. The van der Waals surface area contributed by atoms with Crippen LogP contribution in [0.3, 0.4) is 0 Å². The lowest BCUT2D eigenvalue weighted by Crippen LogP contribution is -2.30. The van der Waals surface area contributed by atoms with Crippen molar-refractivity contribution < 1.29 is 22.7 Å². The second kappa shape index (κ2) is 6.82. The van der Waals surface area contributed by atoms with Gasteiger partial charge in [-0.2, -0.15) is 0 Å². The summed E-state index contributed by atoms with van der Waals surface area (Å²) in [4.78, 5) is 11.6. The lowest BCUT2D eigenvalue weighted by Gasteiger charge is -2.19. The fourth-order valence-electron chi connectivity index (χ4n) is 1.47. The number of carbonyl (C=O) groups is 1. The van der Waals surface area contributed by atoms with Gasteiger partial charge >= 0.3 is 5.97 Å². The quantitative estimate of drug-likeness (QED) is 0.577. The number of anilines is 1. The van der Waals surface area contributed by atoms with Crippen molar-refractivity contribution in [2.24, 2.45) is 0 Å². The van der Waals surface area contributed by atoms with Gasteiger partial charge in [0.05, 0.1) is 10.7 Å². The monoisotopic (exact) mass is 427 g/mol. The Hall–Kier alpha value is -1.03. The summed E-state index contributed by atoms with van der Waals surface area (Å²) in [6.45, 7) is 5.03. The zero-order valence-electron chi connectivity index (χ0n) is 12.3. The van der Waals surface area contributed by atoms with Gasteiger partial charge in [-0.15, -0.1) is 0 Å². The predicted octanol–water partition coefficient (Wildman–Crippen LogP) is 2.38.